The van der Waals surface area contributed by atoms with Crippen molar-refractivity contribution in [3.8, 4) is 0 Å². The third-order valence-electron chi connectivity index (χ3n) is 5.64. The largest absolute Gasteiger partial charge is 0.477 e. The summed E-state index contributed by atoms with van der Waals surface area (Å²) in [6.07, 6.45) is -2.50. The van der Waals surface area contributed by atoms with Gasteiger partial charge < -0.3 is 40.9 Å². The molecule has 2 heterocycles. The number of β-lactam (4-membered cyclic amide) rings is 1. The topological polar surface area (TPSA) is 292 Å². The highest BCUT2D eigenvalue weighted by atomic mass is 32.2. The zero-order valence-electron chi connectivity index (χ0n) is 18.0. The summed E-state index contributed by atoms with van der Waals surface area (Å²) in [4.78, 5) is 83.4. The summed E-state index contributed by atoms with van der Waals surface area (Å²) in [6.45, 7) is -0.582. The summed E-state index contributed by atoms with van der Waals surface area (Å²) in [5, 5.41) is 18.3. The summed E-state index contributed by atoms with van der Waals surface area (Å²) in [7, 11) is -10.6. The third kappa shape index (κ3) is 5.12. The number of carbonyl (C=O) groups is 4. The van der Waals surface area contributed by atoms with E-state index in [0.717, 1.165) is 11.8 Å². The Labute approximate surface area is 201 Å². The number of hydrogen-bond acceptors (Lipinski definition) is 10. The van der Waals surface area contributed by atoms with Crippen molar-refractivity contribution in [2.24, 2.45) is 11.5 Å². The van der Waals surface area contributed by atoms with Crippen LogP contribution < -0.4 is 11.5 Å². The Morgan fingerprint density at radius 3 is 2.26 bits per heavy atom. The van der Waals surface area contributed by atoms with Gasteiger partial charge in [-0.1, -0.05) is 0 Å². The standard InChI is InChI=1S/C15H24N4O13P2S/c1-14(33(26,27)28,34(29,30)31)3-2-4-18(25)10(22)15(17)11(23)19-8(9(20)21)7(5-32-13(16)24)6-35-12(15)19/h12,25H,2-6,17H2,1H3,(H2,16,24)(H,20,21)(H2,26,27,28)(H2,29,30,31). The number of hydroxylamine groups is 2. The molecule has 2 aliphatic rings. The molecule has 1 fully saturated rings. The summed E-state index contributed by atoms with van der Waals surface area (Å²) < 4.78 is 27.8. The second-order valence-electron chi connectivity index (χ2n) is 7.91. The van der Waals surface area contributed by atoms with E-state index >= 15 is 0 Å². The Morgan fingerprint density at radius 2 is 1.80 bits per heavy atom. The Morgan fingerprint density at radius 1 is 1.26 bits per heavy atom. The van der Waals surface area contributed by atoms with E-state index < -0.39 is 86.6 Å². The van der Waals surface area contributed by atoms with Gasteiger partial charge in [-0.25, -0.2) is 14.7 Å². The number of hydrogen-bond donors (Lipinski definition) is 8. The average molecular weight is 562 g/mol. The van der Waals surface area contributed by atoms with Gasteiger partial charge in [-0.2, -0.15) is 0 Å². The van der Waals surface area contributed by atoms with Gasteiger partial charge in [0.25, 0.3) is 11.8 Å². The van der Waals surface area contributed by atoms with Gasteiger partial charge in [0.05, 0.1) is 0 Å². The first-order valence-corrected chi connectivity index (χ1v) is 13.8. The molecule has 0 aromatic heterocycles. The Balaban J connectivity index is 2.17. The van der Waals surface area contributed by atoms with E-state index in [4.69, 9.17) is 11.5 Å². The molecule has 0 saturated carbocycles. The van der Waals surface area contributed by atoms with Crippen LogP contribution in [0.1, 0.15) is 19.8 Å². The van der Waals surface area contributed by atoms with Gasteiger partial charge in [-0.3, -0.25) is 28.8 Å². The fourth-order valence-corrected chi connectivity index (χ4v) is 7.10. The van der Waals surface area contributed by atoms with Crippen LogP contribution in [-0.2, 0) is 28.3 Å². The molecule has 0 bridgehead atoms. The molecular weight excluding hydrogens is 538 g/mol. The molecule has 17 nitrogen and oxygen atoms in total. The lowest BCUT2D eigenvalue weighted by Crippen LogP contribution is -2.82. The van der Waals surface area contributed by atoms with Gasteiger partial charge in [0.15, 0.2) is 4.90 Å². The van der Waals surface area contributed by atoms with E-state index in [1.165, 1.54) is 0 Å². The number of fused-ring (bicyclic) bond motifs is 1. The van der Waals surface area contributed by atoms with Crippen molar-refractivity contribution in [1.29, 1.82) is 0 Å². The maximum absolute atomic E-state index is 12.8. The van der Waals surface area contributed by atoms with Crippen molar-refractivity contribution in [2.75, 3.05) is 18.9 Å². The zero-order chi connectivity index (χ0) is 27.1. The van der Waals surface area contributed by atoms with E-state index in [9.17, 15) is 58.2 Å². The minimum atomic E-state index is -5.32. The van der Waals surface area contributed by atoms with Gasteiger partial charge in [0.2, 0.25) is 5.54 Å². The molecule has 3 amide bonds. The summed E-state index contributed by atoms with van der Waals surface area (Å²) >= 11 is 0.847. The first kappa shape index (κ1) is 29.2. The predicted octanol–water partition coefficient (Wildman–Crippen LogP) is -1.90. The molecule has 2 aliphatic heterocycles. The molecule has 35 heavy (non-hydrogen) atoms. The fraction of sp³-hybridized carbons (Fsp3) is 0.600. The molecule has 0 aliphatic carbocycles. The van der Waals surface area contributed by atoms with E-state index in [-0.39, 0.29) is 16.4 Å². The summed E-state index contributed by atoms with van der Waals surface area (Å²) in [5.41, 5.74) is 7.83. The molecule has 10 N–H and O–H groups in total. The van der Waals surface area contributed by atoms with Crippen LogP contribution in [0.25, 0.3) is 0 Å². The van der Waals surface area contributed by atoms with Crippen LogP contribution in [0.3, 0.4) is 0 Å². The van der Waals surface area contributed by atoms with Gasteiger partial charge in [-0.15, -0.1) is 11.8 Å². The highest BCUT2D eigenvalue weighted by molar-refractivity contribution is 8.00. The lowest BCUT2D eigenvalue weighted by Gasteiger charge is -2.54. The normalized spacial score (nSPS) is 22.9. The maximum Gasteiger partial charge on any atom is 0.404 e. The monoisotopic (exact) mass is 562 g/mol. The molecule has 0 radical (unpaired) electrons. The highest BCUT2D eigenvalue weighted by Gasteiger charge is 2.68. The van der Waals surface area contributed by atoms with Gasteiger partial charge in [0, 0.05) is 17.9 Å². The smallest absolute Gasteiger partial charge is 0.404 e. The number of carbonyl (C=O) groups excluding carboxylic acids is 3. The van der Waals surface area contributed by atoms with Crippen molar-refractivity contribution in [1.82, 2.24) is 9.96 Å². The maximum atomic E-state index is 12.8. The number of primary amides is 1. The Kier molecular flexibility index (Phi) is 8.18. The van der Waals surface area contributed by atoms with Gasteiger partial charge in [0.1, 0.15) is 17.7 Å². The Hall–Kier alpha value is -2.01. The van der Waals surface area contributed by atoms with Crippen LogP contribution >= 0.6 is 27.0 Å². The number of carboxylic acids is 1. The van der Waals surface area contributed by atoms with Crippen LogP contribution in [0.5, 0.6) is 0 Å². The van der Waals surface area contributed by atoms with Crippen LogP contribution in [0.2, 0.25) is 0 Å². The van der Waals surface area contributed by atoms with Crippen molar-refractivity contribution in [3.63, 3.8) is 0 Å². The number of nitrogens with two attached hydrogens (primary N) is 2. The molecule has 2 atom stereocenters. The number of thioether (sulfide) groups is 1. The number of amides is 3. The second kappa shape index (κ2) is 9.80. The molecule has 0 spiro atoms. The van der Waals surface area contributed by atoms with Crippen LogP contribution in [-0.4, -0.2) is 98.4 Å². The number of carboxylic acid groups (broad SMARTS) is 1. The highest BCUT2D eigenvalue weighted by Crippen LogP contribution is 2.70. The van der Waals surface area contributed by atoms with Crippen LogP contribution in [0, 0.1) is 0 Å². The lowest BCUT2D eigenvalue weighted by molar-refractivity contribution is -0.184. The van der Waals surface area contributed by atoms with E-state index in [2.05, 4.69) is 4.74 Å². The molecular formula is C15H24N4O13P2S. The lowest BCUT2D eigenvalue weighted by atomic mass is 9.86. The van der Waals surface area contributed by atoms with Crippen molar-refractivity contribution < 1.29 is 62.9 Å². The zero-order valence-corrected chi connectivity index (χ0v) is 20.6. The van der Waals surface area contributed by atoms with Crippen molar-refractivity contribution in [2.45, 2.75) is 35.6 Å². The minimum Gasteiger partial charge on any atom is -0.477 e. The van der Waals surface area contributed by atoms with Gasteiger partial charge >= 0.3 is 27.3 Å². The van der Waals surface area contributed by atoms with Crippen LogP contribution in [0.4, 0.5) is 4.79 Å². The summed E-state index contributed by atoms with van der Waals surface area (Å²) in [6, 6.07) is 0. The Bertz CT molecular complexity index is 1050. The number of nitrogens with zero attached hydrogens (tertiary/aromatic N) is 2. The number of ether oxygens (including phenoxy) is 1. The molecule has 2 unspecified atom stereocenters. The van der Waals surface area contributed by atoms with Crippen LogP contribution in [0.15, 0.2) is 11.3 Å². The first-order chi connectivity index (χ1) is 15.8. The van der Waals surface area contributed by atoms with E-state index in [0.29, 0.717) is 11.8 Å². The predicted molar refractivity (Wildman–Crippen MR) is 115 cm³/mol. The minimum absolute atomic E-state index is 0.00964. The molecule has 198 valence electrons. The number of rotatable bonds is 10. The number of aliphatic carboxylic acids is 1. The van der Waals surface area contributed by atoms with Crippen molar-refractivity contribution in [3.05, 3.63) is 11.3 Å². The quantitative estimate of drug-likeness (QED) is 0.0474. The fourth-order valence-electron chi connectivity index (χ4n) is 3.45. The third-order valence-corrected chi connectivity index (χ3v) is 11.6. The SMILES string of the molecule is CC(CCCN(O)C(=O)C1(N)C(=O)N2C(C(=O)O)=C(COC(N)=O)CSC21)(P(=O)(O)O)P(=O)(O)O. The average Bonchev–Trinajstić information content (AvgIpc) is 2.73. The summed E-state index contributed by atoms with van der Waals surface area (Å²) in [5.74, 6) is -4.25. The first-order valence-electron chi connectivity index (χ1n) is 9.54. The molecule has 20 heteroatoms. The molecule has 0 aromatic carbocycles. The molecule has 0 aromatic rings. The van der Waals surface area contributed by atoms with Crippen molar-refractivity contribution >= 4 is 50.8 Å². The van der Waals surface area contributed by atoms with Gasteiger partial charge in [-0.05, 0) is 19.8 Å². The van der Waals surface area contributed by atoms with E-state index in [1.807, 2.05) is 0 Å². The van der Waals surface area contributed by atoms with E-state index in [1.54, 1.807) is 0 Å². The molecule has 1 saturated heterocycles. The second-order valence-corrected chi connectivity index (χ2v) is 13.5. The molecule has 2 rings (SSSR count).